The molecule has 0 atom stereocenters. The third-order valence-electron chi connectivity index (χ3n) is 4.43. The molecule has 1 heterocycles. The Morgan fingerprint density at radius 3 is 2.24 bits per heavy atom. The molecule has 0 saturated heterocycles. The van der Waals surface area contributed by atoms with E-state index in [9.17, 15) is 17.2 Å². The molecule has 170 valence electrons. The first kappa shape index (κ1) is 22.2. The number of anilines is 4. The zero-order chi connectivity index (χ0) is 23.4. The second kappa shape index (κ2) is 9.22. The van der Waals surface area contributed by atoms with Crippen molar-refractivity contribution >= 4 is 44.1 Å². The van der Waals surface area contributed by atoms with E-state index in [-0.39, 0.29) is 33.7 Å². The van der Waals surface area contributed by atoms with Crippen LogP contribution in [0.4, 0.5) is 31.8 Å². The molecule has 0 fully saturated rings. The van der Waals surface area contributed by atoms with Gasteiger partial charge in [-0.15, -0.1) is 0 Å². The van der Waals surface area contributed by atoms with Crippen LogP contribution < -0.4 is 20.3 Å². The van der Waals surface area contributed by atoms with Crippen LogP contribution in [0.15, 0.2) is 77.7 Å². The van der Waals surface area contributed by atoms with E-state index in [0.717, 1.165) is 0 Å². The summed E-state index contributed by atoms with van der Waals surface area (Å²) in [5, 5.41) is 11.9. The molecule has 3 aromatic carbocycles. The minimum Gasteiger partial charge on any atom is -0.433 e. The van der Waals surface area contributed by atoms with Gasteiger partial charge in [0.15, 0.2) is 11.6 Å². The Morgan fingerprint density at radius 1 is 0.879 bits per heavy atom. The number of aromatic nitrogens is 2. The SMILES string of the molecule is O=S(=O)(Nc1nc2ccccc2nc1Nc1ccccc1OC(F)F)c1cccc(NO)c1. The lowest BCUT2D eigenvalue weighted by atomic mass is 10.3. The van der Waals surface area contributed by atoms with Gasteiger partial charge in [0, 0.05) is 0 Å². The smallest absolute Gasteiger partial charge is 0.387 e. The van der Waals surface area contributed by atoms with E-state index < -0.39 is 16.6 Å². The van der Waals surface area contributed by atoms with Crippen molar-refractivity contribution in [1.82, 2.24) is 9.97 Å². The second-order valence-electron chi connectivity index (χ2n) is 6.65. The molecule has 1 aromatic heterocycles. The first-order valence-electron chi connectivity index (χ1n) is 9.46. The number of ether oxygens (including phenoxy) is 1. The zero-order valence-corrected chi connectivity index (χ0v) is 17.6. The van der Waals surface area contributed by atoms with Crippen LogP contribution in [-0.2, 0) is 10.0 Å². The molecule has 4 N–H and O–H groups in total. The van der Waals surface area contributed by atoms with Gasteiger partial charge in [0.05, 0.1) is 27.3 Å². The van der Waals surface area contributed by atoms with Crippen molar-refractivity contribution in [2.45, 2.75) is 11.5 Å². The van der Waals surface area contributed by atoms with Crippen molar-refractivity contribution in [2.24, 2.45) is 0 Å². The van der Waals surface area contributed by atoms with E-state index in [1.165, 1.54) is 42.5 Å². The molecule has 9 nitrogen and oxygen atoms in total. The summed E-state index contributed by atoms with van der Waals surface area (Å²) in [5.41, 5.74) is 3.04. The fraction of sp³-hybridized carbons (Fsp3) is 0.0476. The Bertz CT molecular complexity index is 1400. The lowest BCUT2D eigenvalue weighted by Crippen LogP contribution is -2.16. The normalized spacial score (nSPS) is 11.4. The number of nitrogens with zero attached hydrogens (tertiary/aromatic N) is 2. The van der Waals surface area contributed by atoms with E-state index in [1.54, 1.807) is 30.3 Å². The standard InChI is InChI=1S/C21H17F2N5O4S/c22-21(23)32-18-11-4-3-10-17(18)26-19-20(25-16-9-2-1-8-15(16)24-19)28-33(30,31)14-7-5-6-13(12-14)27-29/h1-12,21,27,29H,(H,24,26)(H,25,28). The van der Waals surface area contributed by atoms with Crippen LogP contribution in [0.2, 0.25) is 0 Å². The molecule has 0 radical (unpaired) electrons. The van der Waals surface area contributed by atoms with Crippen molar-refractivity contribution in [3.05, 3.63) is 72.8 Å². The molecule has 0 aliphatic rings. The maximum atomic E-state index is 13.0. The molecular weight excluding hydrogens is 456 g/mol. The van der Waals surface area contributed by atoms with Crippen LogP contribution in [0.1, 0.15) is 0 Å². The van der Waals surface area contributed by atoms with Gasteiger partial charge >= 0.3 is 6.61 Å². The maximum absolute atomic E-state index is 13.0. The summed E-state index contributed by atoms with van der Waals surface area (Å²) in [5.74, 6) is -0.347. The Balaban J connectivity index is 1.77. The van der Waals surface area contributed by atoms with E-state index >= 15 is 0 Å². The average Bonchev–Trinajstić information content (AvgIpc) is 2.80. The number of nitrogens with one attached hydrogen (secondary N) is 3. The van der Waals surface area contributed by atoms with Crippen molar-refractivity contribution in [3.8, 4) is 5.75 Å². The highest BCUT2D eigenvalue weighted by molar-refractivity contribution is 7.92. The maximum Gasteiger partial charge on any atom is 0.387 e. The fourth-order valence-electron chi connectivity index (χ4n) is 2.97. The highest BCUT2D eigenvalue weighted by atomic mass is 32.2. The highest BCUT2D eigenvalue weighted by Gasteiger charge is 2.20. The van der Waals surface area contributed by atoms with Crippen LogP contribution in [0.5, 0.6) is 5.75 Å². The molecule has 12 heteroatoms. The van der Waals surface area contributed by atoms with Crippen LogP contribution >= 0.6 is 0 Å². The summed E-state index contributed by atoms with van der Waals surface area (Å²) in [6.07, 6.45) is 0. The topological polar surface area (TPSA) is 125 Å². The number of hydrogen-bond donors (Lipinski definition) is 4. The first-order chi connectivity index (χ1) is 15.9. The number of fused-ring (bicyclic) bond motifs is 1. The summed E-state index contributed by atoms with van der Waals surface area (Å²) in [4.78, 5) is 8.60. The van der Waals surface area contributed by atoms with Crippen LogP contribution in [0, 0.1) is 0 Å². The monoisotopic (exact) mass is 473 g/mol. The van der Waals surface area contributed by atoms with Gasteiger partial charge in [0.25, 0.3) is 10.0 Å². The Kier molecular flexibility index (Phi) is 6.20. The van der Waals surface area contributed by atoms with Gasteiger partial charge in [-0.2, -0.15) is 8.78 Å². The van der Waals surface area contributed by atoms with E-state index in [1.807, 2.05) is 5.48 Å². The first-order valence-corrected chi connectivity index (χ1v) is 10.9. The summed E-state index contributed by atoms with van der Waals surface area (Å²) in [7, 11) is -4.15. The van der Waals surface area contributed by atoms with Crippen molar-refractivity contribution in [1.29, 1.82) is 0 Å². The number of halogens is 2. The lowest BCUT2D eigenvalue weighted by Gasteiger charge is -2.16. The van der Waals surface area contributed by atoms with E-state index in [0.29, 0.717) is 11.0 Å². The predicted octanol–water partition coefficient (Wildman–Crippen LogP) is 4.58. The third kappa shape index (κ3) is 5.07. The van der Waals surface area contributed by atoms with Gasteiger partial charge in [-0.1, -0.05) is 30.3 Å². The van der Waals surface area contributed by atoms with E-state index in [4.69, 9.17) is 5.21 Å². The molecule has 0 unspecified atom stereocenters. The third-order valence-corrected chi connectivity index (χ3v) is 5.77. The predicted molar refractivity (Wildman–Crippen MR) is 119 cm³/mol. The summed E-state index contributed by atoms with van der Waals surface area (Å²) < 4.78 is 58.5. The zero-order valence-electron chi connectivity index (χ0n) is 16.7. The quantitative estimate of drug-likeness (QED) is 0.274. The number of benzene rings is 3. The minimum absolute atomic E-state index is 0.0287. The Labute approximate surface area is 187 Å². The van der Waals surface area contributed by atoms with Crippen LogP contribution in [-0.4, -0.2) is 30.2 Å². The summed E-state index contributed by atoms with van der Waals surface area (Å²) in [6.45, 7) is -3.05. The van der Waals surface area contributed by atoms with Gasteiger partial charge in [0.1, 0.15) is 5.75 Å². The molecule has 33 heavy (non-hydrogen) atoms. The van der Waals surface area contributed by atoms with Gasteiger partial charge in [-0.05, 0) is 42.5 Å². The number of para-hydroxylation sites is 4. The molecule has 0 bridgehead atoms. The molecule has 0 saturated carbocycles. The van der Waals surface area contributed by atoms with Crippen LogP contribution in [0.3, 0.4) is 0 Å². The molecule has 0 spiro atoms. The van der Waals surface area contributed by atoms with Gasteiger partial charge in [-0.3, -0.25) is 15.4 Å². The second-order valence-corrected chi connectivity index (χ2v) is 8.34. The minimum atomic E-state index is -4.15. The number of alkyl halides is 2. The molecule has 4 aromatic rings. The highest BCUT2D eigenvalue weighted by Crippen LogP contribution is 2.32. The van der Waals surface area contributed by atoms with Crippen molar-refractivity contribution in [3.63, 3.8) is 0 Å². The number of sulfonamides is 1. The number of hydrogen-bond acceptors (Lipinski definition) is 8. The van der Waals surface area contributed by atoms with Crippen molar-refractivity contribution < 1.29 is 27.1 Å². The molecule has 0 amide bonds. The molecular formula is C21H17F2N5O4S. The van der Waals surface area contributed by atoms with E-state index in [2.05, 4.69) is 24.7 Å². The summed E-state index contributed by atoms with van der Waals surface area (Å²) in [6, 6.07) is 18.1. The molecule has 0 aliphatic carbocycles. The van der Waals surface area contributed by atoms with Crippen LogP contribution in [0.25, 0.3) is 11.0 Å². The number of rotatable bonds is 8. The Morgan fingerprint density at radius 2 is 1.55 bits per heavy atom. The largest absolute Gasteiger partial charge is 0.433 e. The van der Waals surface area contributed by atoms with Gasteiger partial charge < -0.3 is 10.1 Å². The summed E-state index contributed by atoms with van der Waals surface area (Å²) >= 11 is 0. The van der Waals surface area contributed by atoms with Gasteiger partial charge in [0.2, 0.25) is 0 Å². The molecule has 4 rings (SSSR count). The van der Waals surface area contributed by atoms with Gasteiger partial charge in [-0.25, -0.2) is 18.4 Å². The Hall–Kier alpha value is -4.03. The molecule has 0 aliphatic heterocycles. The van der Waals surface area contributed by atoms with Crippen molar-refractivity contribution in [2.75, 3.05) is 15.5 Å². The lowest BCUT2D eigenvalue weighted by molar-refractivity contribution is -0.0493. The fourth-order valence-corrected chi connectivity index (χ4v) is 4.03. The average molecular weight is 473 g/mol.